The molecule has 4 aromatic rings. The second kappa shape index (κ2) is 6.50. The van der Waals surface area contributed by atoms with E-state index in [-0.39, 0.29) is 16.2 Å². The molecule has 1 amide bonds. The van der Waals surface area contributed by atoms with Crippen LogP contribution < -0.4 is 10.5 Å². The molecule has 1 aliphatic rings. The van der Waals surface area contributed by atoms with E-state index < -0.39 is 15.9 Å². The third kappa shape index (κ3) is 2.99. The molecule has 0 saturated heterocycles. The molecule has 0 bridgehead atoms. The van der Waals surface area contributed by atoms with Gasteiger partial charge in [0.05, 0.1) is 22.3 Å². The van der Waals surface area contributed by atoms with E-state index in [1.165, 1.54) is 12.1 Å². The highest BCUT2D eigenvalue weighted by molar-refractivity contribution is 7.90. The molecule has 28 heavy (non-hydrogen) atoms. The number of nitrogens with zero attached hydrogens (tertiary/aromatic N) is 1. The summed E-state index contributed by atoms with van der Waals surface area (Å²) in [5, 5.41) is 11.5. The largest absolute Gasteiger partial charge is 0.505 e. The van der Waals surface area contributed by atoms with Crippen molar-refractivity contribution in [3.8, 4) is 5.75 Å². The standard InChI is InChI=1S/C13H10N2O.C7H5NO3S/c14-10-5-6-12-9(13(10)16)7-8-3-1-2-4-11(8)15-12;9-7-5-3-1-2-4-6(5)12(10,11)8-7/h1-7,16H,14H2;1-4H,(H,8,9). The van der Waals surface area contributed by atoms with Crippen molar-refractivity contribution >= 4 is 43.4 Å². The zero-order valence-corrected chi connectivity index (χ0v) is 15.3. The lowest BCUT2D eigenvalue weighted by Crippen LogP contribution is -2.20. The molecule has 5 rings (SSSR count). The highest BCUT2D eigenvalue weighted by Gasteiger charge is 2.31. The molecule has 140 valence electrons. The quantitative estimate of drug-likeness (QED) is 0.240. The molecule has 0 aliphatic carbocycles. The van der Waals surface area contributed by atoms with Gasteiger partial charge in [-0.3, -0.25) is 4.79 Å². The number of para-hydroxylation sites is 1. The summed E-state index contributed by atoms with van der Waals surface area (Å²) < 4.78 is 24.2. The van der Waals surface area contributed by atoms with E-state index in [9.17, 15) is 18.3 Å². The molecule has 8 heteroatoms. The topological polar surface area (TPSA) is 122 Å². The predicted molar refractivity (Wildman–Crippen MR) is 106 cm³/mol. The van der Waals surface area contributed by atoms with Crippen molar-refractivity contribution in [3.05, 3.63) is 72.3 Å². The lowest BCUT2D eigenvalue weighted by Gasteiger charge is -2.05. The molecule has 1 aromatic heterocycles. The molecule has 0 spiro atoms. The van der Waals surface area contributed by atoms with Crippen molar-refractivity contribution < 1.29 is 18.3 Å². The Kier molecular flexibility index (Phi) is 4.12. The number of amides is 1. The number of phenolic OH excluding ortho intramolecular Hbond substituents is 1. The first-order valence-electron chi connectivity index (χ1n) is 8.30. The first-order chi connectivity index (χ1) is 13.4. The maximum absolute atomic E-state index is 11.1. The van der Waals surface area contributed by atoms with Crippen molar-refractivity contribution in [2.45, 2.75) is 4.90 Å². The van der Waals surface area contributed by atoms with Crippen LogP contribution >= 0.6 is 0 Å². The van der Waals surface area contributed by atoms with Crippen LogP contribution in [0.15, 0.2) is 71.6 Å². The number of carbonyl (C=O) groups excluding carboxylic acids is 1. The minimum Gasteiger partial charge on any atom is -0.505 e. The number of rotatable bonds is 0. The fourth-order valence-electron chi connectivity index (χ4n) is 2.97. The van der Waals surface area contributed by atoms with Crippen LogP contribution in [-0.4, -0.2) is 24.4 Å². The van der Waals surface area contributed by atoms with Gasteiger partial charge < -0.3 is 10.8 Å². The van der Waals surface area contributed by atoms with Crippen molar-refractivity contribution in [3.63, 3.8) is 0 Å². The van der Waals surface area contributed by atoms with Gasteiger partial charge in [0.1, 0.15) is 10.6 Å². The third-order valence-corrected chi connectivity index (χ3v) is 5.74. The zero-order valence-electron chi connectivity index (χ0n) is 14.5. The van der Waals surface area contributed by atoms with Gasteiger partial charge in [-0.1, -0.05) is 30.3 Å². The number of nitrogens with one attached hydrogen (secondary N) is 1. The summed E-state index contributed by atoms with van der Waals surface area (Å²) in [7, 11) is -3.55. The smallest absolute Gasteiger partial charge is 0.266 e. The van der Waals surface area contributed by atoms with Crippen LogP contribution in [0.2, 0.25) is 0 Å². The number of aromatic hydroxyl groups is 1. The van der Waals surface area contributed by atoms with E-state index in [4.69, 9.17) is 5.73 Å². The fourth-order valence-corrected chi connectivity index (χ4v) is 4.14. The lowest BCUT2D eigenvalue weighted by molar-refractivity contribution is 0.0985. The highest BCUT2D eigenvalue weighted by atomic mass is 32.2. The van der Waals surface area contributed by atoms with E-state index in [1.807, 2.05) is 41.1 Å². The number of carbonyl (C=O) groups is 1. The number of hydrogen-bond acceptors (Lipinski definition) is 6. The number of pyridine rings is 1. The second-order valence-electron chi connectivity index (χ2n) is 6.18. The van der Waals surface area contributed by atoms with E-state index >= 15 is 0 Å². The molecular formula is C20H15N3O4S. The molecule has 0 saturated carbocycles. The number of phenols is 1. The van der Waals surface area contributed by atoms with E-state index in [2.05, 4.69) is 4.98 Å². The molecular weight excluding hydrogens is 378 g/mol. The van der Waals surface area contributed by atoms with Gasteiger partial charge in [0.2, 0.25) is 0 Å². The number of nitrogens with two attached hydrogens (primary N) is 1. The summed E-state index contributed by atoms with van der Waals surface area (Å²) in [6, 6.07) is 19.3. The Morgan fingerprint density at radius 2 is 1.64 bits per heavy atom. The Hall–Kier alpha value is -3.65. The summed E-state index contributed by atoms with van der Waals surface area (Å²) in [5.41, 5.74) is 7.92. The number of sulfonamides is 1. The van der Waals surface area contributed by atoms with Gasteiger partial charge in [-0.2, -0.15) is 0 Å². The highest BCUT2D eigenvalue weighted by Crippen LogP contribution is 2.31. The number of fused-ring (bicyclic) bond motifs is 3. The average Bonchev–Trinajstić information content (AvgIpc) is 2.93. The predicted octanol–water partition coefficient (Wildman–Crippen LogP) is 2.79. The normalized spacial score (nSPS) is 14.2. The SMILES string of the molecule is Nc1ccc2nc3ccccc3cc2c1O.O=C1NS(=O)(=O)c2ccccc21. The van der Waals surface area contributed by atoms with Crippen LogP contribution in [0, 0.1) is 0 Å². The Bertz CT molecular complexity index is 1350. The Morgan fingerprint density at radius 3 is 2.43 bits per heavy atom. The monoisotopic (exact) mass is 393 g/mol. The summed E-state index contributed by atoms with van der Waals surface area (Å²) in [5.74, 6) is -0.443. The summed E-state index contributed by atoms with van der Waals surface area (Å²) in [4.78, 5) is 15.5. The van der Waals surface area contributed by atoms with Crippen molar-refractivity contribution in [2.24, 2.45) is 0 Å². The molecule has 1 aliphatic heterocycles. The van der Waals surface area contributed by atoms with E-state index in [0.29, 0.717) is 11.1 Å². The average molecular weight is 393 g/mol. The molecule has 3 aromatic carbocycles. The molecule has 0 unspecified atom stereocenters. The van der Waals surface area contributed by atoms with Crippen LogP contribution in [0.3, 0.4) is 0 Å². The third-order valence-electron chi connectivity index (χ3n) is 4.35. The van der Waals surface area contributed by atoms with Crippen molar-refractivity contribution in [1.29, 1.82) is 0 Å². The first-order valence-corrected chi connectivity index (χ1v) is 9.78. The Morgan fingerprint density at radius 1 is 0.929 bits per heavy atom. The number of anilines is 1. The molecule has 0 atom stereocenters. The fraction of sp³-hybridized carbons (Fsp3) is 0. The number of nitrogen functional groups attached to an aromatic ring is 1. The maximum Gasteiger partial charge on any atom is 0.266 e. The van der Waals surface area contributed by atoms with Gasteiger partial charge in [-0.15, -0.1) is 0 Å². The van der Waals surface area contributed by atoms with Gasteiger partial charge in [0, 0.05) is 10.8 Å². The molecule has 2 heterocycles. The summed E-state index contributed by atoms with van der Waals surface area (Å²) in [6.07, 6.45) is 0. The van der Waals surface area contributed by atoms with E-state index in [0.717, 1.165) is 16.4 Å². The van der Waals surface area contributed by atoms with Gasteiger partial charge in [-0.05, 0) is 36.4 Å². The second-order valence-corrected chi connectivity index (χ2v) is 7.83. The molecule has 4 N–H and O–H groups in total. The zero-order chi connectivity index (χ0) is 19.9. The van der Waals surface area contributed by atoms with Crippen LogP contribution in [0.1, 0.15) is 10.4 Å². The van der Waals surface area contributed by atoms with Crippen LogP contribution in [0.25, 0.3) is 21.8 Å². The first kappa shape index (κ1) is 17.7. The Balaban J connectivity index is 0.000000143. The van der Waals surface area contributed by atoms with E-state index in [1.54, 1.807) is 18.2 Å². The van der Waals surface area contributed by atoms with Crippen LogP contribution in [0.4, 0.5) is 5.69 Å². The number of benzene rings is 3. The maximum atomic E-state index is 11.1. The number of hydrogen-bond donors (Lipinski definition) is 3. The summed E-state index contributed by atoms with van der Waals surface area (Å²) in [6.45, 7) is 0. The van der Waals surface area contributed by atoms with Gasteiger partial charge >= 0.3 is 0 Å². The molecule has 7 nitrogen and oxygen atoms in total. The van der Waals surface area contributed by atoms with Crippen molar-refractivity contribution in [2.75, 3.05) is 5.73 Å². The summed E-state index contributed by atoms with van der Waals surface area (Å²) >= 11 is 0. The van der Waals surface area contributed by atoms with Gasteiger partial charge in [-0.25, -0.2) is 18.1 Å². The molecule has 0 radical (unpaired) electrons. The number of aromatic nitrogens is 1. The lowest BCUT2D eigenvalue weighted by atomic mass is 10.1. The van der Waals surface area contributed by atoms with Crippen LogP contribution in [0.5, 0.6) is 5.75 Å². The molecule has 0 fully saturated rings. The van der Waals surface area contributed by atoms with Gasteiger partial charge in [0.15, 0.2) is 0 Å². The minimum atomic E-state index is -3.55. The Labute approximate surface area is 160 Å². The van der Waals surface area contributed by atoms with Gasteiger partial charge in [0.25, 0.3) is 15.9 Å². The van der Waals surface area contributed by atoms with Crippen molar-refractivity contribution in [1.82, 2.24) is 9.71 Å². The minimum absolute atomic E-state index is 0.0648. The van der Waals surface area contributed by atoms with Crippen LogP contribution in [-0.2, 0) is 10.0 Å².